The molecule has 3 aromatic heterocycles. The largest absolute Gasteiger partial charge is 0.490 e. The molecule has 376 valence electrons. The molecule has 2 atom stereocenters. The lowest BCUT2D eigenvalue weighted by Crippen LogP contribution is -2.49. The Bertz CT molecular complexity index is 2840. The van der Waals surface area contributed by atoms with Crippen LogP contribution in [0.4, 0.5) is 14.7 Å². The first kappa shape index (κ1) is 50.5. The van der Waals surface area contributed by atoms with E-state index in [0.717, 1.165) is 26.2 Å². The van der Waals surface area contributed by atoms with Crippen molar-refractivity contribution in [2.45, 2.75) is 57.6 Å². The lowest BCUT2D eigenvalue weighted by molar-refractivity contribution is -0.145. The number of carboxylic acid groups (broad SMARTS) is 1. The van der Waals surface area contributed by atoms with Gasteiger partial charge in [0, 0.05) is 94.4 Å². The number of fused-ring (bicyclic) bond motifs is 7. The molecule has 0 unspecified atom stereocenters. The van der Waals surface area contributed by atoms with Gasteiger partial charge in [0.25, 0.3) is 0 Å². The minimum Gasteiger partial charge on any atom is -0.490 e. The standard InChI is InChI=1S/C51H55Cl2F2N7O8S/c1-30-40-31(2)44(53)45(43(30)52)69-37(25-61-19-17-60(3)18-20-61)27-67-36-9-10-38(68-26-35-11-14-56-50(59-35)62-15-12-51(55,13-16-62)28-66-22-21-65-4)33(23-36)24-39(49(63)64)70-47-42-41(40)46(71-48(42)58-29-57-47)32-5-7-34(54)8-6-32/h5-11,14,23,29,37,39H,12-13,15-22,24-28H2,1-4H3,(H,63,64)/t37-,39-/m1/s1. The highest BCUT2D eigenvalue weighted by Gasteiger charge is 2.36. The zero-order valence-electron chi connectivity index (χ0n) is 39.9. The number of rotatable bonds is 13. The molecule has 1 N–H and O–H groups in total. The molecule has 4 aliphatic heterocycles. The summed E-state index contributed by atoms with van der Waals surface area (Å²) in [5.41, 5.74) is 2.78. The number of anilines is 1. The molecule has 15 nitrogen and oxygen atoms in total. The zero-order valence-corrected chi connectivity index (χ0v) is 42.2. The summed E-state index contributed by atoms with van der Waals surface area (Å²) in [6.45, 7) is 9.28. The van der Waals surface area contributed by atoms with Crippen molar-refractivity contribution in [3.05, 3.63) is 99.3 Å². The van der Waals surface area contributed by atoms with Crippen molar-refractivity contribution < 1.29 is 47.1 Å². The minimum atomic E-state index is -1.49. The van der Waals surface area contributed by atoms with Gasteiger partial charge in [0.1, 0.15) is 53.5 Å². The number of benzene rings is 3. The molecule has 0 spiro atoms. The molecule has 4 bridgehead atoms. The number of methoxy groups -OCH3 is 1. The van der Waals surface area contributed by atoms with Gasteiger partial charge in [-0.05, 0) is 79.5 Å². The first-order chi connectivity index (χ1) is 34.3. The second kappa shape index (κ2) is 22.1. The van der Waals surface area contributed by atoms with Crippen molar-refractivity contribution >= 4 is 56.7 Å². The van der Waals surface area contributed by atoms with Crippen molar-refractivity contribution in [1.82, 2.24) is 29.7 Å². The lowest BCUT2D eigenvalue weighted by Gasteiger charge is -2.36. The summed E-state index contributed by atoms with van der Waals surface area (Å²) in [7, 11) is 3.67. The van der Waals surface area contributed by atoms with Crippen molar-refractivity contribution in [2.24, 2.45) is 0 Å². The van der Waals surface area contributed by atoms with E-state index in [1.807, 2.05) is 18.7 Å². The maximum atomic E-state index is 15.6. The minimum absolute atomic E-state index is 0.00210. The summed E-state index contributed by atoms with van der Waals surface area (Å²) in [4.78, 5) is 39.5. The number of aromatic nitrogens is 4. The van der Waals surface area contributed by atoms with Crippen LogP contribution in [-0.2, 0) is 27.3 Å². The predicted octanol–water partition coefficient (Wildman–Crippen LogP) is 8.89. The molecular formula is C51H55Cl2F2N7O8S. The van der Waals surface area contributed by atoms with E-state index in [0.29, 0.717) is 110 Å². The summed E-state index contributed by atoms with van der Waals surface area (Å²) in [5.74, 6) is -0.101. The van der Waals surface area contributed by atoms with Gasteiger partial charge in [-0.1, -0.05) is 35.3 Å². The number of piperidine rings is 1. The van der Waals surface area contributed by atoms with E-state index in [4.69, 9.17) is 56.6 Å². The number of ether oxygens (including phenoxy) is 6. The molecule has 71 heavy (non-hydrogen) atoms. The number of thiophene rings is 1. The third-order valence-electron chi connectivity index (χ3n) is 13.2. The van der Waals surface area contributed by atoms with Gasteiger partial charge >= 0.3 is 5.97 Å². The van der Waals surface area contributed by atoms with E-state index >= 15 is 4.39 Å². The molecule has 2 fully saturated rings. The lowest BCUT2D eigenvalue weighted by atomic mass is 9.92. The highest BCUT2D eigenvalue weighted by atomic mass is 35.5. The second-order valence-electron chi connectivity index (χ2n) is 18.1. The van der Waals surface area contributed by atoms with Gasteiger partial charge in [-0.25, -0.2) is 33.5 Å². The fraction of sp³-hybridized carbons (Fsp3) is 0.431. The average molecular weight is 1040 g/mol. The third-order valence-corrected chi connectivity index (χ3v) is 15.2. The molecule has 4 aliphatic rings. The normalized spacial score (nSPS) is 18.7. The molecule has 0 amide bonds. The number of alkyl halides is 1. The van der Waals surface area contributed by atoms with Gasteiger partial charge < -0.3 is 43.3 Å². The Morgan fingerprint density at radius 1 is 0.944 bits per heavy atom. The first-order valence-electron chi connectivity index (χ1n) is 23.5. The van der Waals surface area contributed by atoms with Crippen LogP contribution < -0.4 is 23.8 Å². The molecular weight excluding hydrogens is 980 g/mol. The van der Waals surface area contributed by atoms with Crippen molar-refractivity contribution in [3.8, 4) is 44.7 Å². The van der Waals surface area contributed by atoms with Crippen LogP contribution in [0.25, 0.3) is 31.8 Å². The maximum Gasteiger partial charge on any atom is 0.345 e. The van der Waals surface area contributed by atoms with Gasteiger partial charge in [-0.2, -0.15) is 0 Å². The molecule has 6 aromatic rings. The molecule has 0 aliphatic carbocycles. The first-order valence-corrected chi connectivity index (χ1v) is 25.0. The molecule has 2 saturated heterocycles. The van der Waals surface area contributed by atoms with E-state index in [2.05, 4.69) is 31.8 Å². The molecule has 3 aromatic carbocycles. The van der Waals surface area contributed by atoms with Crippen LogP contribution in [0.15, 0.2) is 61.1 Å². The fourth-order valence-electron chi connectivity index (χ4n) is 9.13. The number of carbonyl (C=O) groups is 1. The van der Waals surface area contributed by atoms with Gasteiger partial charge in [0.2, 0.25) is 17.9 Å². The van der Waals surface area contributed by atoms with Gasteiger partial charge in [-0.3, -0.25) is 4.90 Å². The maximum absolute atomic E-state index is 15.6. The van der Waals surface area contributed by atoms with E-state index in [-0.39, 0.29) is 55.0 Å². The summed E-state index contributed by atoms with van der Waals surface area (Å²) in [5, 5.41) is 11.9. The van der Waals surface area contributed by atoms with Gasteiger partial charge in [0.05, 0.1) is 40.9 Å². The number of piperazine rings is 1. The van der Waals surface area contributed by atoms with Gasteiger partial charge in [-0.15, -0.1) is 11.3 Å². The smallest absolute Gasteiger partial charge is 0.345 e. The van der Waals surface area contributed by atoms with Crippen molar-refractivity contribution in [1.29, 1.82) is 0 Å². The number of carboxylic acids is 1. The fourth-order valence-corrected chi connectivity index (χ4v) is 10.8. The highest BCUT2D eigenvalue weighted by Crippen LogP contribution is 2.53. The van der Waals surface area contributed by atoms with Crippen molar-refractivity contribution in [2.75, 3.05) is 91.3 Å². The number of hydrogen-bond acceptors (Lipinski definition) is 15. The van der Waals surface area contributed by atoms with Crippen LogP contribution >= 0.6 is 34.5 Å². The SMILES string of the molecule is COCCOCC1(F)CCN(c2nccc(COc3ccc4cc3C[C@H](C(=O)O)Oc3ncnc5sc(-c6ccc(F)cc6)c(c35)-c3c(C)c(Cl)c(c(Cl)c3C)O[C@H](CN3CCN(C)CC3)CO4)n2)CC1. The molecule has 0 saturated carbocycles. The van der Waals surface area contributed by atoms with E-state index in [9.17, 15) is 14.3 Å². The number of nitrogens with zero attached hydrogens (tertiary/aromatic N) is 7. The Morgan fingerprint density at radius 3 is 2.41 bits per heavy atom. The van der Waals surface area contributed by atoms with E-state index in [1.165, 1.54) is 29.8 Å². The van der Waals surface area contributed by atoms with Gasteiger partial charge in [0.15, 0.2) is 5.75 Å². The molecule has 20 heteroatoms. The van der Waals surface area contributed by atoms with E-state index in [1.54, 1.807) is 49.7 Å². The Balaban J connectivity index is 1.08. The van der Waals surface area contributed by atoms with E-state index < -0.39 is 29.7 Å². The summed E-state index contributed by atoms with van der Waals surface area (Å²) in [6, 6.07) is 13.0. The zero-order chi connectivity index (χ0) is 49.8. The summed E-state index contributed by atoms with van der Waals surface area (Å²) in [6.07, 6.45) is 1.25. The van der Waals surface area contributed by atoms with Crippen LogP contribution in [0.3, 0.4) is 0 Å². The Kier molecular flexibility index (Phi) is 15.7. The van der Waals surface area contributed by atoms with Crippen LogP contribution in [0.2, 0.25) is 10.0 Å². The number of aliphatic carboxylic acids is 1. The Morgan fingerprint density at radius 2 is 1.69 bits per heavy atom. The summed E-state index contributed by atoms with van der Waals surface area (Å²) >= 11 is 16.0. The number of halogens is 4. The molecule has 0 radical (unpaired) electrons. The average Bonchev–Trinajstić information content (AvgIpc) is 3.75. The molecule has 10 rings (SSSR count). The highest BCUT2D eigenvalue weighted by molar-refractivity contribution is 7.22. The predicted molar refractivity (Wildman–Crippen MR) is 268 cm³/mol. The Labute approximate surface area is 424 Å². The Hall–Kier alpha value is -5.47. The van der Waals surface area contributed by atoms with Crippen LogP contribution in [0.1, 0.15) is 35.2 Å². The topological polar surface area (TPSA) is 154 Å². The summed E-state index contributed by atoms with van der Waals surface area (Å²) < 4.78 is 66.8. The number of likely N-dealkylation sites (N-methyl/N-ethyl adjacent to an activating group) is 1. The third kappa shape index (κ3) is 11.4. The van der Waals surface area contributed by atoms with Crippen LogP contribution in [0, 0.1) is 19.7 Å². The number of hydrogen-bond donors (Lipinski definition) is 1. The van der Waals surface area contributed by atoms with Crippen molar-refractivity contribution in [3.63, 3.8) is 0 Å². The van der Waals surface area contributed by atoms with Crippen LogP contribution in [0.5, 0.6) is 23.1 Å². The monoisotopic (exact) mass is 1030 g/mol. The second-order valence-corrected chi connectivity index (χ2v) is 19.9. The van der Waals surface area contributed by atoms with Crippen LogP contribution in [-0.4, -0.2) is 145 Å². The quantitative estimate of drug-likeness (QED) is 0.110. The molecule has 7 heterocycles.